The molecular weight excluding hydrogens is 212 g/mol. The smallest absolute Gasteiger partial charge is 0.172 e. The van der Waals surface area contributed by atoms with E-state index in [1.807, 2.05) is 6.07 Å². The molecule has 0 aliphatic rings. The summed E-state index contributed by atoms with van der Waals surface area (Å²) >= 11 is 5.86. The number of benzene rings is 1. The monoisotopic (exact) mass is 222 g/mol. The second-order valence-electron chi connectivity index (χ2n) is 3.10. The Morgan fingerprint density at radius 3 is 2.67 bits per heavy atom. The molecule has 0 bridgehead atoms. The van der Waals surface area contributed by atoms with Gasteiger partial charge in [-0.3, -0.25) is 0 Å². The van der Waals surface area contributed by atoms with Crippen molar-refractivity contribution in [1.29, 1.82) is 5.26 Å². The van der Waals surface area contributed by atoms with Crippen LogP contribution in [0.15, 0.2) is 34.5 Å². The van der Waals surface area contributed by atoms with E-state index >= 15 is 0 Å². The Morgan fingerprint density at radius 1 is 1.47 bits per heavy atom. The van der Waals surface area contributed by atoms with Gasteiger partial charge in [0.1, 0.15) is 5.69 Å². The molecule has 0 amide bonds. The van der Waals surface area contributed by atoms with Crippen LogP contribution < -0.4 is 5.73 Å². The van der Waals surface area contributed by atoms with Gasteiger partial charge in [0.2, 0.25) is 0 Å². The van der Waals surface area contributed by atoms with E-state index in [2.05, 4.69) is 10.2 Å². The number of halogens is 1. The van der Waals surface area contributed by atoms with E-state index in [4.69, 9.17) is 22.6 Å². The van der Waals surface area contributed by atoms with Crippen LogP contribution in [-0.4, -0.2) is 12.1 Å². The van der Waals surface area contributed by atoms with Crippen molar-refractivity contribution in [3.8, 4) is 6.07 Å². The predicted molar refractivity (Wildman–Crippen MR) is 59.0 cm³/mol. The molecule has 1 aromatic carbocycles. The molecule has 0 fully saturated rings. The first-order valence-electron chi connectivity index (χ1n) is 4.45. The average molecular weight is 223 g/mol. The summed E-state index contributed by atoms with van der Waals surface area (Å²) in [5, 5.41) is 16.9. The Balaban J connectivity index is 2.82. The van der Waals surface area contributed by atoms with Crippen molar-refractivity contribution in [2.75, 3.05) is 0 Å². The van der Waals surface area contributed by atoms with Gasteiger partial charge in [-0.2, -0.15) is 15.5 Å². The third-order valence-electron chi connectivity index (χ3n) is 1.77. The Hall–Kier alpha value is -1.44. The van der Waals surface area contributed by atoms with Gasteiger partial charge < -0.3 is 5.73 Å². The molecule has 15 heavy (non-hydrogen) atoms. The summed E-state index contributed by atoms with van der Waals surface area (Å²) in [6, 6.07) is 8.01. The second kappa shape index (κ2) is 5.44. The van der Waals surface area contributed by atoms with Crippen molar-refractivity contribution in [1.82, 2.24) is 0 Å². The van der Waals surface area contributed by atoms with Gasteiger partial charge in [-0.1, -0.05) is 23.7 Å². The van der Waals surface area contributed by atoms with Crippen molar-refractivity contribution in [3.05, 3.63) is 29.3 Å². The second-order valence-corrected chi connectivity index (χ2v) is 3.51. The highest BCUT2D eigenvalue weighted by Gasteiger charge is 2.10. The van der Waals surface area contributed by atoms with Crippen LogP contribution in [0.25, 0.3) is 0 Å². The molecule has 0 aliphatic heterocycles. The van der Waals surface area contributed by atoms with Crippen LogP contribution in [0.5, 0.6) is 0 Å². The van der Waals surface area contributed by atoms with Crippen molar-refractivity contribution >= 4 is 17.3 Å². The van der Waals surface area contributed by atoms with Crippen LogP contribution in [0.3, 0.4) is 0 Å². The molecule has 2 N–H and O–H groups in total. The van der Waals surface area contributed by atoms with Crippen LogP contribution in [0.4, 0.5) is 5.69 Å². The van der Waals surface area contributed by atoms with Gasteiger partial charge in [0.25, 0.3) is 0 Å². The van der Waals surface area contributed by atoms with Gasteiger partial charge in [-0.15, -0.1) is 0 Å². The third kappa shape index (κ3) is 3.31. The fourth-order valence-corrected chi connectivity index (χ4v) is 1.08. The molecule has 0 spiro atoms. The van der Waals surface area contributed by atoms with Crippen molar-refractivity contribution in [3.63, 3.8) is 0 Å². The molecule has 78 valence electrons. The number of azo groups is 1. The van der Waals surface area contributed by atoms with E-state index in [0.717, 1.165) is 0 Å². The van der Waals surface area contributed by atoms with Crippen molar-refractivity contribution < 1.29 is 0 Å². The quantitative estimate of drug-likeness (QED) is 0.799. The first-order valence-corrected chi connectivity index (χ1v) is 4.83. The van der Waals surface area contributed by atoms with E-state index in [-0.39, 0.29) is 6.04 Å². The number of rotatable bonds is 3. The van der Waals surface area contributed by atoms with Gasteiger partial charge >= 0.3 is 0 Å². The summed E-state index contributed by atoms with van der Waals surface area (Å²) in [5.74, 6) is 0. The maximum absolute atomic E-state index is 8.73. The molecule has 2 atom stereocenters. The summed E-state index contributed by atoms with van der Waals surface area (Å²) in [5.41, 5.74) is 6.08. The molecular formula is C10H11ClN4. The van der Waals surface area contributed by atoms with Crippen LogP contribution >= 0.6 is 11.6 Å². The molecule has 0 aromatic heterocycles. The number of nitrogens with zero attached hydrogens (tertiary/aromatic N) is 3. The van der Waals surface area contributed by atoms with E-state index < -0.39 is 6.04 Å². The summed E-state index contributed by atoms with van der Waals surface area (Å²) in [4.78, 5) is 0. The highest BCUT2D eigenvalue weighted by molar-refractivity contribution is 6.32. The first-order chi connectivity index (χ1) is 7.15. The zero-order chi connectivity index (χ0) is 11.3. The van der Waals surface area contributed by atoms with Crippen LogP contribution in [-0.2, 0) is 0 Å². The van der Waals surface area contributed by atoms with Gasteiger partial charge in [0, 0.05) is 6.04 Å². The predicted octanol–water partition coefficient (Wildman–Crippen LogP) is 2.66. The lowest BCUT2D eigenvalue weighted by atomic mass is 10.2. The minimum atomic E-state index is -0.638. The zero-order valence-corrected chi connectivity index (χ0v) is 9.02. The molecule has 0 heterocycles. The largest absolute Gasteiger partial charge is 0.325 e. The summed E-state index contributed by atoms with van der Waals surface area (Å²) < 4.78 is 0. The molecule has 5 heteroatoms. The van der Waals surface area contributed by atoms with Gasteiger partial charge in [0.05, 0.1) is 11.1 Å². The summed E-state index contributed by atoms with van der Waals surface area (Å²) in [6.07, 6.45) is 0. The normalized spacial score (nSPS) is 14.8. The fourth-order valence-electron chi connectivity index (χ4n) is 0.906. The highest BCUT2D eigenvalue weighted by Crippen LogP contribution is 2.24. The van der Waals surface area contributed by atoms with Gasteiger partial charge in [-0.25, -0.2) is 0 Å². The number of nitriles is 1. The van der Waals surface area contributed by atoms with E-state index in [1.165, 1.54) is 0 Å². The number of nitrogens with two attached hydrogens (primary N) is 1. The fraction of sp³-hybridized carbons (Fsp3) is 0.300. The molecule has 1 rings (SSSR count). The number of hydrogen-bond donors (Lipinski definition) is 1. The Kier molecular flexibility index (Phi) is 4.22. The minimum Gasteiger partial charge on any atom is -0.325 e. The first kappa shape index (κ1) is 11.6. The molecule has 1 aromatic rings. The highest BCUT2D eigenvalue weighted by atomic mass is 35.5. The lowest BCUT2D eigenvalue weighted by molar-refractivity contribution is 0.639. The lowest BCUT2D eigenvalue weighted by Crippen LogP contribution is -2.28. The Labute approximate surface area is 93.4 Å². The van der Waals surface area contributed by atoms with Gasteiger partial charge in [-0.05, 0) is 19.1 Å². The SMILES string of the molecule is C[C@H](N)[C@@H](C#N)N=Nc1ccccc1Cl. The zero-order valence-electron chi connectivity index (χ0n) is 8.26. The molecule has 0 aliphatic carbocycles. The molecule has 0 unspecified atom stereocenters. The Bertz CT molecular complexity index is 395. The maximum atomic E-state index is 8.73. The van der Waals surface area contributed by atoms with E-state index in [0.29, 0.717) is 10.7 Å². The van der Waals surface area contributed by atoms with E-state index in [1.54, 1.807) is 31.2 Å². The standard InChI is InChI=1S/C10H11ClN4/c1-7(13)10(6-12)15-14-9-5-3-2-4-8(9)11/h2-5,7,10H,13H2,1H3/t7-,10+/m0/s1. The summed E-state index contributed by atoms with van der Waals surface area (Å²) in [7, 11) is 0. The summed E-state index contributed by atoms with van der Waals surface area (Å²) in [6.45, 7) is 1.71. The van der Waals surface area contributed by atoms with Crippen LogP contribution in [0, 0.1) is 11.3 Å². The average Bonchev–Trinajstić information content (AvgIpc) is 2.21. The van der Waals surface area contributed by atoms with E-state index in [9.17, 15) is 0 Å². The van der Waals surface area contributed by atoms with Gasteiger partial charge in [0.15, 0.2) is 6.04 Å². The number of hydrogen-bond acceptors (Lipinski definition) is 4. The van der Waals surface area contributed by atoms with Crippen molar-refractivity contribution in [2.24, 2.45) is 16.0 Å². The molecule has 0 saturated carbocycles. The molecule has 4 nitrogen and oxygen atoms in total. The molecule has 0 saturated heterocycles. The lowest BCUT2D eigenvalue weighted by Gasteiger charge is -2.05. The van der Waals surface area contributed by atoms with Crippen LogP contribution in [0.2, 0.25) is 5.02 Å². The topological polar surface area (TPSA) is 74.5 Å². The maximum Gasteiger partial charge on any atom is 0.172 e. The van der Waals surface area contributed by atoms with Crippen molar-refractivity contribution in [2.45, 2.75) is 19.0 Å². The third-order valence-corrected chi connectivity index (χ3v) is 2.09. The Morgan fingerprint density at radius 2 is 2.13 bits per heavy atom. The minimum absolute atomic E-state index is 0.346. The molecule has 0 radical (unpaired) electrons. The van der Waals surface area contributed by atoms with Crippen LogP contribution in [0.1, 0.15) is 6.92 Å².